The Morgan fingerprint density at radius 1 is 1.08 bits per heavy atom. The van der Waals surface area contributed by atoms with Crippen LogP contribution in [0, 0.1) is 5.92 Å². The largest absolute Gasteiger partial charge is 0.305 e. The number of rotatable bonds is 6. The molecule has 0 saturated heterocycles. The predicted molar refractivity (Wildman–Crippen MR) is 53.4 cm³/mol. The Morgan fingerprint density at radius 2 is 1.67 bits per heavy atom. The highest BCUT2D eigenvalue weighted by atomic mass is 15.2. The van der Waals surface area contributed by atoms with E-state index in [-0.39, 0.29) is 0 Å². The van der Waals surface area contributed by atoms with Crippen LogP contribution in [0.25, 0.3) is 0 Å². The summed E-state index contributed by atoms with van der Waals surface area (Å²) in [4.78, 5) is 4.83. The number of nitrogens with zero attached hydrogens (tertiary/aromatic N) is 2. The van der Waals surface area contributed by atoms with Crippen molar-refractivity contribution >= 4 is 0 Å². The van der Waals surface area contributed by atoms with E-state index in [0.717, 1.165) is 12.5 Å². The predicted octanol–water partition coefficient (Wildman–Crippen LogP) is 1.28. The fraction of sp³-hybridized carbons (Fsp3) is 1.00. The zero-order chi connectivity index (χ0) is 8.97. The number of likely N-dealkylation sites (N-methyl/N-ethyl adjacent to an activating group) is 2. The van der Waals surface area contributed by atoms with Crippen LogP contribution in [0.2, 0.25) is 0 Å². The smallest absolute Gasteiger partial charge is 0.0106 e. The second kappa shape index (κ2) is 4.83. The van der Waals surface area contributed by atoms with Crippen molar-refractivity contribution in [1.82, 2.24) is 9.80 Å². The molecule has 0 aromatic heterocycles. The number of hydrogen-bond donors (Lipinski definition) is 0. The van der Waals surface area contributed by atoms with E-state index >= 15 is 0 Å². The van der Waals surface area contributed by atoms with E-state index in [9.17, 15) is 0 Å². The van der Waals surface area contributed by atoms with Crippen LogP contribution >= 0.6 is 0 Å². The summed E-state index contributed by atoms with van der Waals surface area (Å²) in [5.41, 5.74) is 0. The summed E-state index contributed by atoms with van der Waals surface area (Å²) in [6, 6.07) is 0. The molecule has 0 radical (unpaired) electrons. The third kappa shape index (κ3) is 4.07. The van der Waals surface area contributed by atoms with E-state index in [1.165, 1.54) is 32.5 Å². The minimum absolute atomic E-state index is 1.03. The van der Waals surface area contributed by atoms with Gasteiger partial charge in [0.1, 0.15) is 0 Å². The SMILES string of the molecule is CCN(C)CCN(C)CC1CC1. The molecule has 0 heterocycles. The summed E-state index contributed by atoms with van der Waals surface area (Å²) in [6.07, 6.45) is 2.93. The lowest BCUT2D eigenvalue weighted by molar-refractivity contribution is 0.257. The zero-order valence-corrected chi connectivity index (χ0v) is 8.71. The van der Waals surface area contributed by atoms with Gasteiger partial charge in [-0.25, -0.2) is 0 Å². The van der Waals surface area contributed by atoms with Gasteiger partial charge < -0.3 is 9.80 Å². The highest BCUT2D eigenvalue weighted by molar-refractivity contribution is 4.76. The lowest BCUT2D eigenvalue weighted by Gasteiger charge is -2.20. The van der Waals surface area contributed by atoms with Crippen molar-refractivity contribution in [2.45, 2.75) is 19.8 Å². The summed E-state index contributed by atoms with van der Waals surface area (Å²) in [6.45, 7) is 7.12. The molecular formula is C10H22N2. The van der Waals surface area contributed by atoms with Crippen LogP contribution in [0.15, 0.2) is 0 Å². The van der Waals surface area contributed by atoms with E-state index < -0.39 is 0 Å². The van der Waals surface area contributed by atoms with Crippen molar-refractivity contribution in [3.63, 3.8) is 0 Å². The third-order valence-corrected chi connectivity index (χ3v) is 2.67. The molecule has 1 aliphatic rings. The molecule has 0 bridgehead atoms. The highest BCUT2D eigenvalue weighted by Crippen LogP contribution is 2.29. The molecule has 1 fully saturated rings. The first-order chi connectivity index (χ1) is 5.72. The molecule has 0 atom stereocenters. The van der Waals surface area contributed by atoms with E-state index in [0.29, 0.717) is 0 Å². The first-order valence-electron chi connectivity index (χ1n) is 5.09. The monoisotopic (exact) mass is 170 g/mol. The molecule has 1 saturated carbocycles. The molecule has 2 nitrogen and oxygen atoms in total. The first-order valence-corrected chi connectivity index (χ1v) is 5.09. The summed E-state index contributed by atoms with van der Waals surface area (Å²) in [5, 5.41) is 0. The molecule has 0 aromatic carbocycles. The van der Waals surface area contributed by atoms with Crippen LogP contribution in [0.3, 0.4) is 0 Å². The van der Waals surface area contributed by atoms with Crippen LogP contribution in [0.4, 0.5) is 0 Å². The van der Waals surface area contributed by atoms with Crippen molar-refractivity contribution in [3.05, 3.63) is 0 Å². The lowest BCUT2D eigenvalue weighted by atomic mass is 10.4. The van der Waals surface area contributed by atoms with Crippen molar-refractivity contribution in [2.75, 3.05) is 40.3 Å². The minimum atomic E-state index is 1.03. The van der Waals surface area contributed by atoms with Gasteiger partial charge in [0.05, 0.1) is 0 Å². The summed E-state index contributed by atoms with van der Waals surface area (Å²) < 4.78 is 0. The van der Waals surface area contributed by atoms with Crippen LogP contribution in [-0.2, 0) is 0 Å². The summed E-state index contributed by atoms with van der Waals surface area (Å²) in [5.74, 6) is 1.03. The fourth-order valence-corrected chi connectivity index (χ4v) is 1.33. The van der Waals surface area contributed by atoms with Crippen molar-refractivity contribution in [2.24, 2.45) is 5.92 Å². The minimum Gasteiger partial charge on any atom is -0.305 e. The van der Waals surface area contributed by atoms with Crippen molar-refractivity contribution in [1.29, 1.82) is 0 Å². The highest BCUT2D eigenvalue weighted by Gasteiger charge is 2.22. The second-order valence-electron chi connectivity index (χ2n) is 4.10. The molecule has 1 aliphatic carbocycles. The van der Waals surface area contributed by atoms with Gasteiger partial charge in [0.15, 0.2) is 0 Å². The molecule has 0 aromatic rings. The van der Waals surface area contributed by atoms with Crippen molar-refractivity contribution < 1.29 is 0 Å². The summed E-state index contributed by atoms with van der Waals surface area (Å²) >= 11 is 0. The maximum atomic E-state index is 2.46. The molecule has 0 N–H and O–H groups in total. The molecule has 0 amide bonds. The molecule has 72 valence electrons. The maximum Gasteiger partial charge on any atom is 0.0106 e. The Hall–Kier alpha value is -0.0800. The lowest BCUT2D eigenvalue weighted by Crippen LogP contribution is -2.31. The second-order valence-corrected chi connectivity index (χ2v) is 4.10. The van der Waals surface area contributed by atoms with Crippen LogP contribution < -0.4 is 0 Å². The zero-order valence-electron chi connectivity index (χ0n) is 8.71. The quantitative estimate of drug-likeness (QED) is 0.592. The van der Waals surface area contributed by atoms with Gasteiger partial charge in [0, 0.05) is 19.6 Å². The summed E-state index contributed by atoms with van der Waals surface area (Å²) in [7, 11) is 4.42. The van der Waals surface area contributed by atoms with Gasteiger partial charge in [0.2, 0.25) is 0 Å². The van der Waals surface area contributed by atoms with E-state index in [2.05, 4.69) is 30.8 Å². The maximum absolute atomic E-state index is 2.46. The van der Waals surface area contributed by atoms with Gasteiger partial charge in [-0.3, -0.25) is 0 Å². The van der Waals surface area contributed by atoms with Crippen LogP contribution in [0.1, 0.15) is 19.8 Å². The van der Waals surface area contributed by atoms with Gasteiger partial charge in [-0.15, -0.1) is 0 Å². The first kappa shape index (κ1) is 10.0. The molecule has 12 heavy (non-hydrogen) atoms. The Labute approximate surface area is 76.5 Å². The van der Waals surface area contributed by atoms with E-state index in [1.54, 1.807) is 0 Å². The van der Waals surface area contributed by atoms with Crippen LogP contribution in [0.5, 0.6) is 0 Å². The third-order valence-electron chi connectivity index (χ3n) is 2.67. The molecular weight excluding hydrogens is 148 g/mol. The average molecular weight is 170 g/mol. The van der Waals surface area contributed by atoms with Crippen molar-refractivity contribution in [3.8, 4) is 0 Å². The number of hydrogen-bond acceptors (Lipinski definition) is 2. The Kier molecular flexibility index (Phi) is 4.02. The molecule has 0 unspecified atom stereocenters. The standard InChI is InChI=1S/C10H22N2/c1-4-11(2)7-8-12(3)9-10-5-6-10/h10H,4-9H2,1-3H3. The van der Waals surface area contributed by atoms with Gasteiger partial charge in [0.25, 0.3) is 0 Å². The Bertz CT molecular complexity index is 121. The van der Waals surface area contributed by atoms with E-state index in [1.807, 2.05) is 0 Å². The van der Waals surface area contributed by atoms with E-state index in [4.69, 9.17) is 0 Å². The van der Waals surface area contributed by atoms with Gasteiger partial charge >= 0.3 is 0 Å². The molecule has 0 spiro atoms. The topological polar surface area (TPSA) is 6.48 Å². The molecule has 2 heteroatoms. The Balaban J connectivity index is 1.96. The molecule has 0 aliphatic heterocycles. The fourth-order valence-electron chi connectivity index (χ4n) is 1.33. The normalized spacial score (nSPS) is 17.8. The average Bonchev–Trinajstić information content (AvgIpc) is 2.84. The van der Waals surface area contributed by atoms with Gasteiger partial charge in [-0.2, -0.15) is 0 Å². The van der Waals surface area contributed by atoms with Gasteiger partial charge in [-0.1, -0.05) is 6.92 Å². The van der Waals surface area contributed by atoms with Crippen LogP contribution in [-0.4, -0.2) is 50.1 Å². The molecule has 1 rings (SSSR count). The van der Waals surface area contributed by atoms with Gasteiger partial charge in [-0.05, 0) is 39.4 Å². The Morgan fingerprint density at radius 3 is 2.17 bits per heavy atom.